The summed E-state index contributed by atoms with van der Waals surface area (Å²) >= 11 is 0. The summed E-state index contributed by atoms with van der Waals surface area (Å²) in [4.78, 5) is 24.1. The molecule has 2 aliphatic rings. The van der Waals surface area contributed by atoms with Gasteiger partial charge in [0.15, 0.2) is 0 Å². The Morgan fingerprint density at radius 3 is 2.77 bits per heavy atom. The number of β-amino-alcohol motifs (C(OH)–C–C–N with tert-alkyl or cyclic N) is 1. The summed E-state index contributed by atoms with van der Waals surface area (Å²) < 4.78 is 0. The van der Waals surface area contributed by atoms with Crippen LogP contribution in [0.15, 0.2) is 18.6 Å². The summed E-state index contributed by atoms with van der Waals surface area (Å²) in [6, 6.07) is 0.253. The highest BCUT2D eigenvalue weighted by molar-refractivity contribution is 5.73. The Hall–Kier alpha value is -1.53. The number of aliphatic hydroxyl groups is 1. The Labute approximate surface area is 131 Å². The van der Waals surface area contributed by atoms with E-state index in [1.165, 1.54) is 0 Å². The van der Waals surface area contributed by atoms with Gasteiger partial charge >= 0.3 is 0 Å². The van der Waals surface area contributed by atoms with Gasteiger partial charge in [-0.05, 0) is 32.2 Å². The number of hydrogen-bond donors (Lipinski definition) is 1. The Morgan fingerprint density at radius 1 is 1.36 bits per heavy atom. The molecule has 6 nitrogen and oxygen atoms in total. The standard InChI is InChI=1S/C16H24N4O2/c1-13(21)19-9-4-16(22,5-10-19)12-20-8-2-3-15(20)14-11-17-6-7-18-14/h6-7,11,15,22H,2-5,8-10,12H2,1H3/t15-/m0/s1. The van der Waals surface area contributed by atoms with Crippen LogP contribution in [-0.4, -0.2) is 62.6 Å². The number of likely N-dealkylation sites (tertiary alicyclic amines) is 2. The highest BCUT2D eigenvalue weighted by Gasteiger charge is 2.38. The Bertz CT molecular complexity index is 514. The molecule has 1 atom stereocenters. The molecule has 3 heterocycles. The number of carbonyl (C=O) groups is 1. The van der Waals surface area contributed by atoms with E-state index in [4.69, 9.17) is 0 Å². The molecule has 2 aliphatic heterocycles. The lowest BCUT2D eigenvalue weighted by Gasteiger charge is -2.41. The first-order valence-corrected chi connectivity index (χ1v) is 8.05. The summed E-state index contributed by atoms with van der Waals surface area (Å²) in [7, 11) is 0. The van der Waals surface area contributed by atoms with E-state index < -0.39 is 5.60 Å². The minimum absolute atomic E-state index is 0.0978. The first kappa shape index (κ1) is 15.4. The molecule has 1 aromatic heterocycles. The highest BCUT2D eigenvalue weighted by Crippen LogP contribution is 2.34. The molecule has 1 aromatic rings. The van der Waals surface area contributed by atoms with Gasteiger partial charge in [-0.25, -0.2) is 0 Å². The lowest BCUT2D eigenvalue weighted by Crippen LogP contribution is -2.51. The third-order valence-electron chi connectivity index (χ3n) is 4.93. The first-order chi connectivity index (χ1) is 10.6. The summed E-state index contributed by atoms with van der Waals surface area (Å²) in [6.45, 7) is 4.53. The molecule has 3 rings (SSSR count). The van der Waals surface area contributed by atoms with Gasteiger partial charge in [-0.1, -0.05) is 0 Å². The molecule has 2 fully saturated rings. The lowest BCUT2D eigenvalue weighted by atomic mass is 9.90. The number of nitrogens with zero attached hydrogens (tertiary/aromatic N) is 4. The van der Waals surface area contributed by atoms with E-state index in [0.29, 0.717) is 32.5 Å². The second-order valence-corrected chi connectivity index (χ2v) is 6.49. The number of aromatic nitrogens is 2. The minimum atomic E-state index is -0.698. The molecule has 120 valence electrons. The topological polar surface area (TPSA) is 69.6 Å². The summed E-state index contributed by atoms with van der Waals surface area (Å²) in [5.41, 5.74) is 0.293. The average Bonchev–Trinajstić information content (AvgIpc) is 2.96. The van der Waals surface area contributed by atoms with Crippen LogP contribution >= 0.6 is 0 Å². The van der Waals surface area contributed by atoms with Gasteiger partial charge in [0.25, 0.3) is 0 Å². The molecule has 0 spiro atoms. The normalized spacial score (nSPS) is 25.4. The molecular weight excluding hydrogens is 280 g/mol. The largest absolute Gasteiger partial charge is 0.388 e. The maximum atomic E-state index is 11.4. The van der Waals surface area contributed by atoms with Gasteiger partial charge in [0.2, 0.25) is 5.91 Å². The fourth-order valence-corrected chi connectivity index (χ4v) is 3.61. The number of rotatable bonds is 3. The molecule has 0 saturated carbocycles. The van der Waals surface area contributed by atoms with E-state index in [2.05, 4.69) is 14.9 Å². The van der Waals surface area contributed by atoms with Crippen molar-refractivity contribution in [2.75, 3.05) is 26.2 Å². The molecule has 0 bridgehead atoms. The van der Waals surface area contributed by atoms with Crippen LogP contribution in [0.3, 0.4) is 0 Å². The fourth-order valence-electron chi connectivity index (χ4n) is 3.61. The molecule has 1 N–H and O–H groups in total. The SMILES string of the molecule is CC(=O)N1CCC(O)(CN2CCC[C@H]2c2cnccn2)CC1. The predicted molar refractivity (Wildman–Crippen MR) is 82.0 cm³/mol. The van der Waals surface area contributed by atoms with E-state index >= 15 is 0 Å². The van der Waals surface area contributed by atoms with Crippen molar-refractivity contribution in [3.63, 3.8) is 0 Å². The van der Waals surface area contributed by atoms with Gasteiger partial charge in [0.05, 0.1) is 17.3 Å². The zero-order valence-corrected chi connectivity index (χ0v) is 13.1. The van der Waals surface area contributed by atoms with Crippen LogP contribution in [0.5, 0.6) is 0 Å². The van der Waals surface area contributed by atoms with Crippen LogP contribution in [-0.2, 0) is 4.79 Å². The van der Waals surface area contributed by atoms with E-state index in [-0.39, 0.29) is 11.9 Å². The van der Waals surface area contributed by atoms with Crippen molar-refractivity contribution in [3.8, 4) is 0 Å². The number of amides is 1. The molecule has 6 heteroatoms. The molecule has 0 aliphatic carbocycles. The Balaban J connectivity index is 1.64. The predicted octanol–water partition coefficient (Wildman–Crippen LogP) is 0.987. The molecule has 0 unspecified atom stereocenters. The van der Waals surface area contributed by atoms with Gasteiger partial charge in [-0.2, -0.15) is 0 Å². The maximum absolute atomic E-state index is 11.4. The van der Waals surface area contributed by atoms with Crippen molar-refractivity contribution >= 4 is 5.91 Å². The van der Waals surface area contributed by atoms with Crippen LogP contribution in [0.1, 0.15) is 44.3 Å². The van der Waals surface area contributed by atoms with Crippen molar-refractivity contribution in [1.82, 2.24) is 19.8 Å². The molecule has 22 heavy (non-hydrogen) atoms. The van der Waals surface area contributed by atoms with Crippen molar-refractivity contribution < 1.29 is 9.90 Å². The van der Waals surface area contributed by atoms with Crippen LogP contribution in [0.4, 0.5) is 0 Å². The summed E-state index contributed by atoms with van der Waals surface area (Å²) in [5, 5.41) is 10.9. The van der Waals surface area contributed by atoms with E-state index in [9.17, 15) is 9.90 Å². The highest BCUT2D eigenvalue weighted by atomic mass is 16.3. The van der Waals surface area contributed by atoms with Crippen molar-refractivity contribution in [2.24, 2.45) is 0 Å². The van der Waals surface area contributed by atoms with Gasteiger partial charge in [0, 0.05) is 45.1 Å². The molecule has 1 amide bonds. The second-order valence-electron chi connectivity index (χ2n) is 6.49. The monoisotopic (exact) mass is 304 g/mol. The van der Waals surface area contributed by atoms with Gasteiger partial charge in [-0.15, -0.1) is 0 Å². The summed E-state index contributed by atoms with van der Waals surface area (Å²) in [5.74, 6) is 0.0978. The Morgan fingerprint density at radius 2 is 2.14 bits per heavy atom. The summed E-state index contributed by atoms with van der Waals surface area (Å²) in [6.07, 6.45) is 8.73. The molecule has 2 saturated heterocycles. The zero-order chi connectivity index (χ0) is 15.6. The van der Waals surface area contributed by atoms with Crippen LogP contribution in [0.2, 0.25) is 0 Å². The zero-order valence-electron chi connectivity index (χ0n) is 13.1. The van der Waals surface area contributed by atoms with Crippen LogP contribution < -0.4 is 0 Å². The third kappa shape index (κ3) is 3.28. The first-order valence-electron chi connectivity index (χ1n) is 8.05. The van der Waals surface area contributed by atoms with Crippen molar-refractivity contribution in [2.45, 2.75) is 44.2 Å². The Kier molecular flexibility index (Phi) is 4.40. The van der Waals surface area contributed by atoms with E-state index in [0.717, 1.165) is 25.1 Å². The van der Waals surface area contributed by atoms with Crippen molar-refractivity contribution in [3.05, 3.63) is 24.3 Å². The van der Waals surface area contributed by atoms with Gasteiger partial charge < -0.3 is 10.0 Å². The van der Waals surface area contributed by atoms with Crippen molar-refractivity contribution in [1.29, 1.82) is 0 Å². The lowest BCUT2D eigenvalue weighted by molar-refractivity contribution is -0.133. The maximum Gasteiger partial charge on any atom is 0.219 e. The molecule has 0 radical (unpaired) electrons. The number of carbonyl (C=O) groups excluding carboxylic acids is 1. The smallest absolute Gasteiger partial charge is 0.219 e. The molecular formula is C16H24N4O2. The van der Waals surface area contributed by atoms with Crippen LogP contribution in [0.25, 0.3) is 0 Å². The minimum Gasteiger partial charge on any atom is -0.388 e. The van der Waals surface area contributed by atoms with E-state index in [1.54, 1.807) is 19.3 Å². The van der Waals surface area contributed by atoms with Crippen LogP contribution in [0, 0.1) is 0 Å². The number of piperidine rings is 1. The van der Waals surface area contributed by atoms with Gasteiger partial charge in [-0.3, -0.25) is 19.7 Å². The van der Waals surface area contributed by atoms with Gasteiger partial charge in [0.1, 0.15) is 0 Å². The third-order valence-corrected chi connectivity index (χ3v) is 4.93. The van der Waals surface area contributed by atoms with E-state index in [1.807, 2.05) is 11.1 Å². The second kappa shape index (κ2) is 6.30. The number of hydrogen-bond acceptors (Lipinski definition) is 5. The quantitative estimate of drug-likeness (QED) is 0.902. The molecule has 0 aromatic carbocycles. The fraction of sp³-hybridized carbons (Fsp3) is 0.688. The average molecular weight is 304 g/mol.